The molecular formula is C19H15BrO5. The highest BCUT2D eigenvalue weighted by Gasteiger charge is 2.28. The van der Waals surface area contributed by atoms with Crippen LogP contribution in [-0.4, -0.2) is 25.0 Å². The summed E-state index contributed by atoms with van der Waals surface area (Å²) in [6, 6.07) is 12.4. The lowest BCUT2D eigenvalue weighted by Crippen LogP contribution is -2.24. The summed E-state index contributed by atoms with van der Waals surface area (Å²) in [7, 11) is 1.30. The number of carbonyl (C=O) groups is 2. The number of Topliss-reactive ketones (excluding diaryl/α,β-unsaturated/α-hetero) is 1. The number of esters is 1. The number of ether oxygens (including phenoxy) is 3. The molecule has 0 saturated carbocycles. The summed E-state index contributed by atoms with van der Waals surface area (Å²) in [5.74, 6) is 0.399. The van der Waals surface area contributed by atoms with Gasteiger partial charge in [-0.1, -0.05) is 28.1 Å². The van der Waals surface area contributed by atoms with Gasteiger partial charge in [-0.15, -0.1) is 0 Å². The average molecular weight is 403 g/mol. The van der Waals surface area contributed by atoms with Gasteiger partial charge in [0.05, 0.1) is 12.7 Å². The Labute approximate surface area is 153 Å². The molecule has 0 saturated heterocycles. The number of hydrogen-bond acceptors (Lipinski definition) is 5. The van der Waals surface area contributed by atoms with Crippen LogP contribution in [0.15, 0.2) is 52.7 Å². The first-order valence-corrected chi connectivity index (χ1v) is 8.35. The summed E-state index contributed by atoms with van der Waals surface area (Å²) in [4.78, 5) is 23.9. The normalized spacial score (nSPS) is 15.5. The third-order valence-electron chi connectivity index (χ3n) is 3.63. The first-order valence-electron chi connectivity index (χ1n) is 7.56. The van der Waals surface area contributed by atoms with Gasteiger partial charge in [-0.2, -0.15) is 0 Å². The van der Waals surface area contributed by atoms with Crippen LogP contribution in [0.4, 0.5) is 0 Å². The number of methoxy groups -OCH3 is 1. The second-order valence-corrected chi connectivity index (χ2v) is 6.35. The summed E-state index contributed by atoms with van der Waals surface area (Å²) < 4.78 is 16.7. The molecule has 6 heteroatoms. The molecule has 1 aliphatic rings. The topological polar surface area (TPSA) is 61.8 Å². The van der Waals surface area contributed by atoms with Crippen LogP contribution >= 0.6 is 15.9 Å². The Hall–Kier alpha value is -2.60. The minimum Gasteiger partial charge on any atom is -0.479 e. The molecule has 0 unspecified atom stereocenters. The van der Waals surface area contributed by atoms with E-state index in [1.807, 2.05) is 24.3 Å². The molecule has 5 nitrogen and oxygen atoms in total. The number of ketones is 1. The minimum absolute atomic E-state index is 0.192. The average Bonchev–Trinajstić information content (AvgIpc) is 2.89. The molecule has 1 heterocycles. The maximum absolute atomic E-state index is 12.5. The lowest BCUT2D eigenvalue weighted by molar-refractivity contribution is -0.147. The number of benzene rings is 2. The van der Waals surface area contributed by atoms with Gasteiger partial charge >= 0.3 is 5.97 Å². The monoisotopic (exact) mass is 402 g/mol. The van der Waals surface area contributed by atoms with Gasteiger partial charge in [-0.3, -0.25) is 4.79 Å². The van der Waals surface area contributed by atoms with Crippen LogP contribution < -0.4 is 9.47 Å². The lowest BCUT2D eigenvalue weighted by atomic mass is 10.1. The Morgan fingerprint density at radius 2 is 2.04 bits per heavy atom. The van der Waals surface area contributed by atoms with E-state index in [1.54, 1.807) is 31.2 Å². The number of hydrogen-bond donors (Lipinski definition) is 0. The largest absolute Gasteiger partial charge is 0.479 e. The smallest absolute Gasteiger partial charge is 0.346 e. The van der Waals surface area contributed by atoms with Crippen LogP contribution in [0.3, 0.4) is 0 Å². The van der Waals surface area contributed by atoms with Gasteiger partial charge in [-0.25, -0.2) is 4.79 Å². The van der Waals surface area contributed by atoms with Crippen molar-refractivity contribution in [1.82, 2.24) is 0 Å². The van der Waals surface area contributed by atoms with Crippen molar-refractivity contribution in [1.29, 1.82) is 0 Å². The van der Waals surface area contributed by atoms with Crippen LogP contribution in [0.1, 0.15) is 22.8 Å². The Kier molecular flexibility index (Phi) is 4.90. The van der Waals surface area contributed by atoms with E-state index in [0.717, 1.165) is 10.0 Å². The number of allylic oxidation sites excluding steroid dienone is 1. The molecule has 2 aromatic carbocycles. The van der Waals surface area contributed by atoms with E-state index < -0.39 is 12.1 Å². The van der Waals surface area contributed by atoms with E-state index in [1.165, 1.54) is 7.11 Å². The summed E-state index contributed by atoms with van der Waals surface area (Å²) >= 11 is 3.40. The van der Waals surface area contributed by atoms with Crippen molar-refractivity contribution in [2.45, 2.75) is 13.0 Å². The number of carbonyl (C=O) groups excluding carboxylic acids is 2. The molecule has 0 amide bonds. The second kappa shape index (κ2) is 7.11. The van der Waals surface area contributed by atoms with E-state index >= 15 is 0 Å². The molecule has 0 spiro atoms. The van der Waals surface area contributed by atoms with Gasteiger partial charge in [0.25, 0.3) is 0 Å². The molecule has 1 aliphatic heterocycles. The Bertz CT molecular complexity index is 872. The van der Waals surface area contributed by atoms with E-state index in [4.69, 9.17) is 9.47 Å². The maximum Gasteiger partial charge on any atom is 0.346 e. The number of fused-ring (bicyclic) bond motifs is 1. The third kappa shape index (κ3) is 3.74. The minimum atomic E-state index is -0.753. The molecule has 128 valence electrons. The summed E-state index contributed by atoms with van der Waals surface area (Å²) in [5.41, 5.74) is 1.31. The molecule has 0 aliphatic carbocycles. The molecule has 0 bridgehead atoms. The van der Waals surface area contributed by atoms with E-state index in [2.05, 4.69) is 20.7 Å². The van der Waals surface area contributed by atoms with Crippen LogP contribution in [0, 0.1) is 0 Å². The quantitative estimate of drug-likeness (QED) is 0.571. The first-order chi connectivity index (χ1) is 12.0. The fraction of sp³-hybridized carbons (Fsp3) is 0.158. The van der Waals surface area contributed by atoms with Gasteiger partial charge in [0.15, 0.2) is 11.9 Å². The van der Waals surface area contributed by atoms with Gasteiger partial charge < -0.3 is 14.2 Å². The molecule has 0 radical (unpaired) electrons. The van der Waals surface area contributed by atoms with Crippen LogP contribution in [0.2, 0.25) is 0 Å². The highest BCUT2D eigenvalue weighted by atomic mass is 79.9. The van der Waals surface area contributed by atoms with Crippen molar-refractivity contribution in [3.63, 3.8) is 0 Å². The van der Waals surface area contributed by atoms with Crippen molar-refractivity contribution in [2.75, 3.05) is 7.11 Å². The molecule has 25 heavy (non-hydrogen) atoms. The first kappa shape index (κ1) is 17.2. The SMILES string of the molecule is COC(=O)[C@@H](C)Oc1ccc2c(c1)O/C(=C/c1cccc(Br)c1)C2=O. The van der Waals surface area contributed by atoms with E-state index in [-0.39, 0.29) is 11.5 Å². The zero-order valence-electron chi connectivity index (χ0n) is 13.6. The lowest BCUT2D eigenvalue weighted by Gasteiger charge is -2.12. The van der Waals surface area contributed by atoms with Crippen molar-refractivity contribution < 1.29 is 23.8 Å². The predicted octanol–water partition coefficient (Wildman–Crippen LogP) is 4.01. The molecule has 0 aromatic heterocycles. The third-order valence-corrected chi connectivity index (χ3v) is 4.13. The molecule has 1 atom stereocenters. The Morgan fingerprint density at radius 3 is 2.76 bits per heavy atom. The zero-order valence-corrected chi connectivity index (χ0v) is 15.2. The second-order valence-electron chi connectivity index (χ2n) is 5.44. The molecule has 0 N–H and O–H groups in total. The fourth-order valence-electron chi connectivity index (χ4n) is 2.41. The van der Waals surface area contributed by atoms with Gasteiger partial charge in [0.2, 0.25) is 5.78 Å². The van der Waals surface area contributed by atoms with Crippen molar-refractivity contribution in [3.8, 4) is 11.5 Å². The molecular weight excluding hydrogens is 388 g/mol. The Morgan fingerprint density at radius 1 is 1.24 bits per heavy atom. The van der Waals surface area contributed by atoms with Crippen molar-refractivity contribution in [3.05, 3.63) is 63.8 Å². The van der Waals surface area contributed by atoms with E-state index in [9.17, 15) is 9.59 Å². The van der Waals surface area contributed by atoms with E-state index in [0.29, 0.717) is 17.1 Å². The predicted molar refractivity (Wildman–Crippen MR) is 95.6 cm³/mol. The molecule has 2 aromatic rings. The highest BCUT2D eigenvalue weighted by Crippen LogP contribution is 2.35. The van der Waals surface area contributed by atoms with Crippen LogP contribution in [0.5, 0.6) is 11.5 Å². The van der Waals surface area contributed by atoms with Crippen molar-refractivity contribution >= 4 is 33.8 Å². The van der Waals surface area contributed by atoms with Gasteiger partial charge in [0.1, 0.15) is 11.5 Å². The summed E-state index contributed by atoms with van der Waals surface area (Å²) in [6.07, 6.45) is 0.932. The maximum atomic E-state index is 12.5. The summed E-state index contributed by atoms with van der Waals surface area (Å²) in [5, 5.41) is 0. The fourth-order valence-corrected chi connectivity index (χ4v) is 2.82. The molecule has 0 fully saturated rings. The summed E-state index contributed by atoms with van der Waals surface area (Å²) in [6.45, 7) is 1.59. The number of halogens is 1. The number of rotatable bonds is 4. The Balaban J connectivity index is 1.83. The zero-order chi connectivity index (χ0) is 18.0. The van der Waals surface area contributed by atoms with Crippen molar-refractivity contribution in [2.24, 2.45) is 0 Å². The highest BCUT2D eigenvalue weighted by molar-refractivity contribution is 9.10. The van der Waals surface area contributed by atoms with Gasteiger partial charge in [0, 0.05) is 10.5 Å². The molecule has 3 rings (SSSR count). The standard InChI is InChI=1S/C19H15BrO5/c1-11(19(22)23-2)24-14-6-7-15-16(10-14)25-17(18(15)21)9-12-4-3-5-13(20)8-12/h3-11H,1-2H3/b17-9+/t11-/m1/s1. The van der Waals surface area contributed by atoms with Crippen LogP contribution in [0.25, 0.3) is 6.08 Å². The van der Waals surface area contributed by atoms with Gasteiger partial charge in [-0.05, 0) is 42.8 Å². The van der Waals surface area contributed by atoms with Crippen LogP contribution in [-0.2, 0) is 9.53 Å².